The number of nitrogens with zero attached hydrogens (tertiary/aromatic N) is 1. The molecule has 4 heteroatoms. The fraction of sp³-hybridized carbons (Fsp3) is 0.192. The van der Waals surface area contributed by atoms with Gasteiger partial charge >= 0.3 is 0 Å². The molecular formula is C26H24N2O2. The molecule has 3 aromatic rings. The molecule has 0 aromatic heterocycles. The van der Waals surface area contributed by atoms with Gasteiger partial charge in [0.2, 0.25) is 5.90 Å². The number of benzene rings is 3. The summed E-state index contributed by atoms with van der Waals surface area (Å²) in [5, 5.41) is 3.56. The fourth-order valence-corrected chi connectivity index (χ4v) is 3.89. The molecule has 4 nitrogen and oxygen atoms in total. The van der Waals surface area contributed by atoms with Crippen LogP contribution in [0.25, 0.3) is 0 Å². The van der Waals surface area contributed by atoms with Gasteiger partial charge in [0.25, 0.3) is 0 Å². The first kappa shape index (κ1) is 18.5. The Hall–Kier alpha value is -3.53. The van der Waals surface area contributed by atoms with Crippen molar-refractivity contribution in [3.63, 3.8) is 0 Å². The highest BCUT2D eigenvalue weighted by atomic mass is 16.5. The smallest absolute Gasteiger partial charge is 0.218 e. The second kappa shape index (κ2) is 8.46. The lowest BCUT2D eigenvalue weighted by atomic mass is 10.0. The summed E-state index contributed by atoms with van der Waals surface area (Å²) in [6.07, 6.45) is 0.699. The van der Waals surface area contributed by atoms with E-state index in [0.29, 0.717) is 25.5 Å². The van der Waals surface area contributed by atoms with E-state index in [1.54, 1.807) is 0 Å². The molecule has 1 fully saturated rings. The van der Waals surface area contributed by atoms with Crippen molar-refractivity contribution in [1.29, 1.82) is 0 Å². The minimum absolute atomic E-state index is 0.0129. The third kappa shape index (κ3) is 3.94. The summed E-state index contributed by atoms with van der Waals surface area (Å²) in [6, 6.07) is 31.2. The summed E-state index contributed by atoms with van der Waals surface area (Å²) in [5.74, 6) is 1.43. The van der Waals surface area contributed by atoms with Gasteiger partial charge < -0.3 is 14.8 Å². The molecule has 0 aliphatic carbocycles. The summed E-state index contributed by atoms with van der Waals surface area (Å²) in [4.78, 5) is 4.91. The normalized spacial score (nSPS) is 21.9. The van der Waals surface area contributed by atoms with E-state index < -0.39 is 0 Å². The van der Waals surface area contributed by atoms with Crippen molar-refractivity contribution < 1.29 is 9.47 Å². The standard InChI is InChI=1S/C26H24N2O2/c1-4-10-19(11-5-1)16-22(25-27-23(17-29-25)20-12-6-2-7-13-20)26-28-24(18-30-26)21-14-8-3-9-15-21/h1-15,23-24,27H,16-18H2/b25-22+/t23-,24-/m0/s1. The van der Waals surface area contributed by atoms with Gasteiger partial charge in [-0.25, -0.2) is 4.99 Å². The van der Waals surface area contributed by atoms with Crippen LogP contribution in [-0.2, 0) is 15.9 Å². The molecule has 2 heterocycles. The third-order valence-electron chi connectivity index (χ3n) is 5.49. The first-order valence-electron chi connectivity index (χ1n) is 10.3. The zero-order valence-electron chi connectivity index (χ0n) is 16.7. The fourth-order valence-electron chi connectivity index (χ4n) is 3.89. The van der Waals surface area contributed by atoms with Crippen molar-refractivity contribution in [2.75, 3.05) is 13.2 Å². The molecule has 0 amide bonds. The summed E-state index contributed by atoms with van der Waals surface area (Å²) < 4.78 is 12.2. The molecule has 3 aromatic carbocycles. The van der Waals surface area contributed by atoms with Crippen molar-refractivity contribution in [1.82, 2.24) is 5.32 Å². The second-order valence-corrected chi connectivity index (χ2v) is 7.56. The molecule has 2 aliphatic heterocycles. The highest BCUT2D eigenvalue weighted by molar-refractivity contribution is 5.95. The number of hydrogen-bond donors (Lipinski definition) is 1. The van der Waals surface area contributed by atoms with Crippen LogP contribution < -0.4 is 5.32 Å². The van der Waals surface area contributed by atoms with Crippen molar-refractivity contribution in [2.45, 2.75) is 18.5 Å². The van der Waals surface area contributed by atoms with Gasteiger partial charge in [-0.1, -0.05) is 91.0 Å². The van der Waals surface area contributed by atoms with Gasteiger partial charge in [-0.05, 0) is 16.7 Å². The van der Waals surface area contributed by atoms with E-state index in [-0.39, 0.29) is 12.1 Å². The number of ether oxygens (including phenoxy) is 2. The van der Waals surface area contributed by atoms with Crippen LogP contribution in [0.4, 0.5) is 0 Å². The lowest BCUT2D eigenvalue weighted by molar-refractivity contribution is 0.249. The zero-order valence-corrected chi connectivity index (χ0v) is 16.7. The van der Waals surface area contributed by atoms with Gasteiger partial charge in [0.1, 0.15) is 19.3 Å². The molecule has 2 atom stereocenters. The van der Waals surface area contributed by atoms with Crippen molar-refractivity contribution in [3.8, 4) is 0 Å². The van der Waals surface area contributed by atoms with Gasteiger partial charge in [0.05, 0.1) is 11.6 Å². The average molecular weight is 396 g/mol. The van der Waals surface area contributed by atoms with E-state index in [0.717, 1.165) is 11.5 Å². The highest BCUT2D eigenvalue weighted by Gasteiger charge is 2.30. The van der Waals surface area contributed by atoms with Gasteiger partial charge in [-0.2, -0.15) is 0 Å². The van der Waals surface area contributed by atoms with Crippen molar-refractivity contribution in [2.24, 2.45) is 4.99 Å². The Kier molecular flexibility index (Phi) is 5.21. The minimum atomic E-state index is 0.0129. The maximum absolute atomic E-state index is 6.12. The van der Waals surface area contributed by atoms with E-state index in [4.69, 9.17) is 14.5 Å². The lowest BCUT2D eigenvalue weighted by Crippen LogP contribution is -2.18. The summed E-state index contributed by atoms with van der Waals surface area (Å²) in [6.45, 7) is 1.14. The number of hydrogen-bond acceptors (Lipinski definition) is 4. The van der Waals surface area contributed by atoms with Gasteiger partial charge in [-0.15, -0.1) is 0 Å². The third-order valence-corrected chi connectivity index (χ3v) is 5.49. The Morgan fingerprint density at radius 2 is 1.40 bits per heavy atom. The molecule has 150 valence electrons. The van der Waals surface area contributed by atoms with E-state index in [1.165, 1.54) is 16.7 Å². The van der Waals surface area contributed by atoms with E-state index in [9.17, 15) is 0 Å². The minimum Gasteiger partial charge on any atom is -0.476 e. The van der Waals surface area contributed by atoms with Crippen LogP contribution in [0.5, 0.6) is 0 Å². The zero-order chi connectivity index (χ0) is 20.2. The van der Waals surface area contributed by atoms with Crippen LogP contribution in [0.3, 0.4) is 0 Å². The first-order valence-corrected chi connectivity index (χ1v) is 10.3. The lowest BCUT2D eigenvalue weighted by Gasteiger charge is -2.12. The first-order chi connectivity index (χ1) is 14.9. The van der Waals surface area contributed by atoms with E-state index >= 15 is 0 Å². The number of rotatable bonds is 5. The second-order valence-electron chi connectivity index (χ2n) is 7.56. The Balaban J connectivity index is 1.46. The molecule has 30 heavy (non-hydrogen) atoms. The highest BCUT2D eigenvalue weighted by Crippen LogP contribution is 2.30. The van der Waals surface area contributed by atoms with Gasteiger partial charge in [0, 0.05) is 6.42 Å². The van der Waals surface area contributed by atoms with Gasteiger partial charge in [0.15, 0.2) is 5.88 Å². The quantitative estimate of drug-likeness (QED) is 0.662. The van der Waals surface area contributed by atoms with Crippen LogP contribution in [-0.4, -0.2) is 19.1 Å². The molecule has 0 saturated carbocycles. The summed E-state index contributed by atoms with van der Waals surface area (Å²) >= 11 is 0. The van der Waals surface area contributed by atoms with Crippen LogP contribution in [0.15, 0.2) is 107 Å². The Morgan fingerprint density at radius 1 is 0.767 bits per heavy atom. The Morgan fingerprint density at radius 3 is 2.10 bits per heavy atom. The van der Waals surface area contributed by atoms with Crippen LogP contribution in [0, 0.1) is 0 Å². The molecule has 1 saturated heterocycles. The van der Waals surface area contributed by atoms with Gasteiger partial charge in [-0.3, -0.25) is 0 Å². The predicted octanol–water partition coefficient (Wildman–Crippen LogP) is 4.97. The molecule has 1 N–H and O–H groups in total. The van der Waals surface area contributed by atoms with Crippen molar-refractivity contribution in [3.05, 3.63) is 119 Å². The topological polar surface area (TPSA) is 42.8 Å². The Labute approximate surface area is 176 Å². The maximum atomic E-state index is 6.12. The maximum Gasteiger partial charge on any atom is 0.218 e. The molecule has 0 spiro atoms. The van der Waals surface area contributed by atoms with Crippen LogP contribution in [0.2, 0.25) is 0 Å². The number of nitrogens with one attached hydrogen (secondary N) is 1. The monoisotopic (exact) mass is 396 g/mol. The SMILES string of the molecule is c1ccc(C/C(C2=N[C@H](c3ccccc3)CO2)=C2/N[C@H](c3ccccc3)CO2)cc1. The van der Waals surface area contributed by atoms with E-state index in [2.05, 4.69) is 66.0 Å². The van der Waals surface area contributed by atoms with Crippen LogP contribution >= 0.6 is 0 Å². The van der Waals surface area contributed by atoms with Crippen LogP contribution in [0.1, 0.15) is 28.8 Å². The average Bonchev–Trinajstić information content (AvgIpc) is 3.50. The van der Waals surface area contributed by atoms with Crippen molar-refractivity contribution >= 4 is 5.90 Å². The molecule has 0 bridgehead atoms. The molecule has 0 unspecified atom stereocenters. The summed E-state index contributed by atoms with van der Waals surface area (Å²) in [5.41, 5.74) is 4.54. The number of aliphatic imine (C=N–C) groups is 1. The predicted molar refractivity (Wildman–Crippen MR) is 118 cm³/mol. The summed E-state index contributed by atoms with van der Waals surface area (Å²) in [7, 11) is 0. The molecule has 5 rings (SSSR count). The largest absolute Gasteiger partial charge is 0.476 e. The van der Waals surface area contributed by atoms with E-state index in [1.807, 2.05) is 30.3 Å². The molecular weight excluding hydrogens is 372 g/mol. The molecule has 2 aliphatic rings. The Bertz CT molecular complexity index is 1050. The molecule has 0 radical (unpaired) electrons.